The zero-order valence-corrected chi connectivity index (χ0v) is 10.4. The first-order chi connectivity index (χ1) is 7.65. The maximum Gasteiger partial charge on any atom is 0.0951 e. The van der Waals surface area contributed by atoms with Crippen LogP contribution in [0, 0.1) is 5.92 Å². The molecule has 4 nitrogen and oxygen atoms in total. The van der Waals surface area contributed by atoms with E-state index in [0.29, 0.717) is 12.0 Å². The van der Waals surface area contributed by atoms with Crippen molar-refractivity contribution < 1.29 is 5.11 Å². The molecule has 0 fully saturated rings. The second-order valence-electron chi connectivity index (χ2n) is 4.33. The molecule has 1 aromatic rings. The van der Waals surface area contributed by atoms with Crippen LogP contribution in [0.25, 0.3) is 0 Å². The van der Waals surface area contributed by atoms with E-state index in [0.717, 1.165) is 18.5 Å². The van der Waals surface area contributed by atoms with Crippen molar-refractivity contribution in [3.05, 3.63) is 18.2 Å². The Labute approximate surface area is 97.5 Å². The minimum Gasteiger partial charge on any atom is -0.394 e. The molecule has 0 radical (unpaired) electrons. The Hall–Kier alpha value is -0.870. The molecule has 0 saturated carbocycles. The molecule has 16 heavy (non-hydrogen) atoms. The van der Waals surface area contributed by atoms with Gasteiger partial charge in [-0.05, 0) is 12.8 Å². The van der Waals surface area contributed by atoms with E-state index >= 15 is 0 Å². The predicted molar refractivity (Wildman–Crippen MR) is 65.0 cm³/mol. The minimum atomic E-state index is -0.334. The molecule has 0 aliphatic heterocycles. The largest absolute Gasteiger partial charge is 0.394 e. The van der Waals surface area contributed by atoms with Crippen molar-refractivity contribution in [2.45, 2.75) is 45.7 Å². The molecule has 2 unspecified atom stereocenters. The fourth-order valence-corrected chi connectivity index (χ4v) is 2.23. The van der Waals surface area contributed by atoms with Gasteiger partial charge in [0.05, 0.1) is 24.7 Å². The minimum absolute atomic E-state index is 0.0403. The Kier molecular flexibility index (Phi) is 4.96. The Morgan fingerprint density at radius 2 is 2.06 bits per heavy atom. The summed E-state index contributed by atoms with van der Waals surface area (Å²) in [6, 6.07) is 0.0458. The van der Waals surface area contributed by atoms with Crippen LogP contribution < -0.4 is 5.73 Å². The van der Waals surface area contributed by atoms with Gasteiger partial charge in [0, 0.05) is 12.2 Å². The quantitative estimate of drug-likeness (QED) is 0.777. The van der Waals surface area contributed by atoms with Gasteiger partial charge in [0.1, 0.15) is 0 Å². The van der Waals surface area contributed by atoms with Crippen molar-refractivity contribution in [3.8, 4) is 0 Å². The van der Waals surface area contributed by atoms with Crippen LogP contribution in [-0.2, 0) is 0 Å². The smallest absolute Gasteiger partial charge is 0.0951 e. The van der Waals surface area contributed by atoms with Crippen molar-refractivity contribution >= 4 is 0 Å². The van der Waals surface area contributed by atoms with E-state index in [-0.39, 0.29) is 12.6 Å². The normalized spacial score (nSPS) is 15.4. The third-order valence-electron chi connectivity index (χ3n) is 3.44. The first kappa shape index (κ1) is 13.2. The lowest BCUT2D eigenvalue weighted by Gasteiger charge is -2.25. The highest BCUT2D eigenvalue weighted by Crippen LogP contribution is 2.26. The summed E-state index contributed by atoms with van der Waals surface area (Å²) in [4.78, 5) is 4.14. The molecule has 1 aromatic heterocycles. The average molecular weight is 225 g/mol. The number of imidazole rings is 1. The molecule has 4 heteroatoms. The number of hydrogen-bond acceptors (Lipinski definition) is 3. The van der Waals surface area contributed by atoms with Gasteiger partial charge < -0.3 is 15.4 Å². The zero-order valence-electron chi connectivity index (χ0n) is 10.4. The third-order valence-corrected chi connectivity index (χ3v) is 3.44. The lowest BCUT2D eigenvalue weighted by molar-refractivity contribution is 0.255. The summed E-state index contributed by atoms with van der Waals surface area (Å²) in [5, 5.41) is 9.10. The summed E-state index contributed by atoms with van der Waals surface area (Å²) in [7, 11) is 0. The van der Waals surface area contributed by atoms with E-state index in [1.807, 2.05) is 6.33 Å². The summed E-state index contributed by atoms with van der Waals surface area (Å²) >= 11 is 0. The molecule has 2 atom stereocenters. The Morgan fingerprint density at radius 1 is 1.44 bits per heavy atom. The predicted octanol–water partition coefficient (Wildman–Crippen LogP) is 1.87. The second-order valence-corrected chi connectivity index (χ2v) is 4.33. The lowest BCUT2D eigenvalue weighted by Crippen LogP contribution is -2.23. The van der Waals surface area contributed by atoms with Crippen LogP contribution in [-0.4, -0.2) is 21.3 Å². The molecular formula is C12H23N3O. The Balaban J connectivity index is 2.90. The first-order valence-electron chi connectivity index (χ1n) is 6.03. The van der Waals surface area contributed by atoms with E-state index in [4.69, 9.17) is 10.8 Å². The van der Waals surface area contributed by atoms with E-state index in [9.17, 15) is 0 Å². The summed E-state index contributed by atoms with van der Waals surface area (Å²) in [6.45, 7) is 6.55. The van der Waals surface area contributed by atoms with Crippen molar-refractivity contribution in [2.75, 3.05) is 6.61 Å². The van der Waals surface area contributed by atoms with Gasteiger partial charge in [0.25, 0.3) is 0 Å². The molecular weight excluding hydrogens is 202 g/mol. The Bertz CT molecular complexity index is 307. The number of nitrogens with zero attached hydrogens (tertiary/aromatic N) is 2. The highest BCUT2D eigenvalue weighted by molar-refractivity contribution is 5.06. The van der Waals surface area contributed by atoms with E-state index < -0.39 is 0 Å². The molecule has 0 aliphatic rings. The second kappa shape index (κ2) is 6.01. The van der Waals surface area contributed by atoms with Gasteiger partial charge in [-0.1, -0.05) is 26.7 Å². The van der Waals surface area contributed by atoms with Gasteiger partial charge in [-0.25, -0.2) is 4.98 Å². The van der Waals surface area contributed by atoms with E-state index in [1.54, 1.807) is 6.20 Å². The number of aliphatic hydroxyl groups is 1. The molecule has 3 N–H and O–H groups in total. The number of aromatic nitrogens is 2. The third kappa shape index (κ3) is 2.62. The van der Waals surface area contributed by atoms with Gasteiger partial charge in [0.2, 0.25) is 0 Å². The molecule has 1 heterocycles. The fourth-order valence-electron chi connectivity index (χ4n) is 2.23. The number of nitrogens with two attached hydrogens (primary N) is 1. The molecule has 0 spiro atoms. The van der Waals surface area contributed by atoms with Gasteiger partial charge in [-0.2, -0.15) is 0 Å². The number of aliphatic hydroxyl groups excluding tert-OH is 1. The molecule has 0 bridgehead atoms. The molecule has 0 aliphatic carbocycles. The van der Waals surface area contributed by atoms with Crippen LogP contribution in [0.5, 0.6) is 0 Å². The van der Waals surface area contributed by atoms with Crippen molar-refractivity contribution in [1.29, 1.82) is 0 Å². The summed E-state index contributed by atoms with van der Waals surface area (Å²) in [5.74, 6) is 0.624. The maximum atomic E-state index is 9.10. The summed E-state index contributed by atoms with van der Waals surface area (Å²) < 4.78 is 2.10. The SMILES string of the molecule is CCC(CC)C(C)n1cncc1C(N)CO. The van der Waals surface area contributed by atoms with Crippen LogP contribution in [0.1, 0.15) is 51.4 Å². The standard InChI is InChI=1S/C12H23N3O/c1-4-10(5-2)9(3)15-8-14-6-12(15)11(13)7-16/h6,8-11,16H,4-5,7,13H2,1-3H3. The van der Waals surface area contributed by atoms with Crippen LogP contribution >= 0.6 is 0 Å². The summed E-state index contributed by atoms with van der Waals surface area (Å²) in [6.07, 6.45) is 5.85. The highest BCUT2D eigenvalue weighted by atomic mass is 16.3. The van der Waals surface area contributed by atoms with Crippen LogP contribution in [0.4, 0.5) is 0 Å². The van der Waals surface area contributed by atoms with Gasteiger partial charge in [-0.15, -0.1) is 0 Å². The van der Waals surface area contributed by atoms with E-state index in [1.165, 1.54) is 0 Å². The Morgan fingerprint density at radius 3 is 2.56 bits per heavy atom. The van der Waals surface area contributed by atoms with Crippen molar-refractivity contribution in [2.24, 2.45) is 11.7 Å². The molecule has 0 amide bonds. The average Bonchev–Trinajstić information content (AvgIpc) is 2.78. The van der Waals surface area contributed by atoms with Crippen molar-refractivity contribution in [1.82, 2.24) is 9.55 Å². The zero-order chi connectivity index (χ0) is 12.1. The maximum absolute atomic E-state index is 9.10. The molecule has 92 valence electrons. The molecule has 0 saturated heterocycles. The summed E-state index contributed by atoms with van der Waals surface area (Å²) in [5.41, 5.74) is 6.77. The molecule has 0 aromatic carbocycles. The van der Waals surface area contributed by atoms with E-state index in [2.05, 4.69) is 30.3 Å². The van der Waals surface area contributed by atoms with Crippen LogP contribution in [0.2, 0.25) is 0 Å². The van der Waals surface area contributed by atoms with Crippen molar-refractivity contribution in [3.63, 3.8) is 0 Å². The number of rotatable bonds is 6. The monoisotopic (exact) mass is 225 g/mol. The van der Waals surface area contributed by atoms with Gasteiger partial charge in [-0.3, -0.25) is 0 Å². The topological polar surface area (TPSA) is 64.1 Å². The van der Waals surface area contributed by atoms with Crippen LogP contribution in [0.15, 0.2) is 12.5 Å². The first-order valence-corrected chi connectivity index (χ1v) is 6.03. The molecule has 1 rings (SSSR count). The van der Waals surface area contributed by atoms with Gasteiger partial charge in [0.15, 0.2) is 0 Å². The number of hydrogen-bond donors (Lipinski definition) is 2. The van der Waals surface area contributed by atoms with Gasteiger partial charge >= 0.3 is 0 Å². The highest BCUT2D eigenvalue weighted by Gasteiger charge is 2.19. The van der Waals surface area contributed by atoms with Crippen LogP contribution in [0.3, 0.4) is 0 Å². The fraction of sp³-hybridized carbons (Fsp3) is 0.750. The lowest BCUT2D eigenvalue weighted by atomic mass is 9.95.